The first-order valence-electron chi connectivity index (χ1n) is 18.5. The third-order valence-electron chi connectivity index (χ3n) is 9.13. The highest BCUT2D eigenvalue weighted by molar-refractivity contribution is 7.80. The topological polar surface area (TPSA) is 315 Å². The molecule has 310 valence electrons. The number of nitrogens with two attached hydrogens (primary N) is 2. The number of benzene rings is 2. The summed E-state index contributed by atoms with van der Waals surface area (Å²) in [5, 5.41) is 33.6. The van der Waals surface area contributed by atoms with Gasteiger partial charge in [-0.15, -0.1) is 0 Å². The molecule has 4 rings (SSSR count). The van der Waals surface area contributed by atoms with Crippen molar-refractivity contribution >= 4 is 65.0 Å². The predicted molar refractivity (Wildman–Crippen MR) is 218 cm³/mol. The van der Waals surface area contributed by atoms with Crippen molar-refractivity contribution in [3.63, 3.8) is 0 Å². The van der Waals surface area contributed by atoms with Crippen LogP contribution < -0.4 is 43.4 Å². The summed E-state index contributed by atoms with van der Waals surface area (Å²) in [6.07, 6.45) is 4.78. The minimum absolute atomic E-state index is 0.00370. The summed E-state index contributed by atoms with van der Waals surface area (Å²) < 4.78 is 0. The number of hydrogen-bond donors (Lipinski definition) is 13. The van der Waals surface area contributed by atoms with Crippen LogP contribution in [0.5, 0.6) is 0 Å². The van der Waals surface area contributed by atoms with Gasteiger partial charge in [-0.1, -0.05) is 48.5 Å². The maximum Gasteiger partial charge on any atom is 0.325 e. The van der Waals surface area contributed by atoms with E-state index in [1.807, 2.05) is 24.3 Å². The highest BCUT2D eigenvalue weighted by Gasteiger charge is 2.33. The van der Waals surface area contributed by atoms with Gasteiger partial charge in [0, 0.05) is 54.9 Å². The summed E-state index contributed by atoms with van der Waals surface area (Å²) in [6.45, 7) is 1.45. The van der Waals surface area contributed by atoms with Crippen molar-refractivity contribution < 1.29 is 33.9 Å². The SMILES string of the molecule is C[C@H](NC(=O)[C@H](Cc1c[nH]c2ccccc12)NC(=O)[C@H](CCCNC(=N)N)NC(=O)[C@@H](Cc1ccccc1)NC(=O)[C@H](Cc1c[nH]cn1)NC(=O)[C@@H](N)CS)C(=O)O. The lowest BCUT2D eigenvalue weighted by molar-refractivity contribution is -0.141. The number of guanidine groups is 1. The van der Waals surface area contributed by atoms with Gasteiger partial charge in [-0.2, -0.15) is 12.6 Å². The summed E-state index contributed by atoms with van der Waals surface area (Å²) in [5.74, 6) is -5.24. The first-order chi connectivity index (χ1) is 27.7. The van der Waals surface area contributed by atoms with E-state index in [0.717, 1.165) is 10.9 Å². The van der Waals surface area contributed by atoms with Crippen LogP contribution in [0.3, 0.4) is 0 Å². The smallest absolute Gasteiger partial charge is 0.325 e. The van der Waals surface area contributed by atoms with E-state index in [2.05, 4.69) is 59.5 Å². The number of aromatic nitrogens is 3. The van der Waals surface area contributed by atoms with Crippen LogP contribution in [-0.2, 0) is 48.0 Å². The molecule has 0 saturated carbocycles. The summed E-state index contributed by atoms with van der Waals surface area (Å²) in [4.78, 5) is 90.4. The maximum atomic E-state index is 14.2. The normalized spacial score (nSPS) is 14.1. The van der Waals surface area contributed by atoms with Gasteiger partial charge in [0.15, 0.2) is 5.96 Å². The van der Waals surface area contributed by atoms with Crippen molar-refractivity contribution in [3.8, 4) is 0 Å². The van der Waals surface area contributed by atoms with E-state index in [4.69, 9.17) is 16.9 Å². The molecule has 0 bridgehead atoms. The molecule has 14 N–H and O–H groups in total. The first-order valence-corrected chi connectivity index (χ1v) is 19.1. The maximum absolute atomic E-state index is 14.2. The molecule has 0 aliphatic carbocycles. The quantitative estimate of drug-likeness (QED) is 0.0197. The molecule has 4 aromatic rings. The number of rotatable bonds is 22. The largest absolute Gasteiger partial charge is 0.480 e. The van der Waals surface area contributed by atoms with Crippen LogP contribution in [0.4, 0.5) is 0 Å². The van der Waals surface area contributed by atoms with Gasteiger partial charge in [-0.05, 0) is 37.0 Å². The van der Waals surface area contributed by atoms with Crippen molar-refractivity contribution in [2.24, 2.45) is 11.5 Å². The zero-order valence-corrected chi connectivity index (χ0v) is 32.7. The Morgan fingerprint density at radius 1 is 0.793 bits per heavy atom. The minimum Gasteiger partial charge on any atom is -0.480 e. The fourth-order valence-corrected chi connectivity index (χ4v) is 6.13. The molecule has 0 fully saturated rings. The number of aromatic amines is 2. The second-order valence-electron chi connectivity index (χ2n) is 13.6. The summed E-state index contributed by atoms with van der Waals surface area (Å²) in [7, 11) is 0. The molecular weight excluding hydrogens is 769 g/mol. The van der Waals surface area contributed by atoms with Crippen molar-refractivity contribution in [1.82, 2.24) is 46.9 Å². The Bertz CT molecular complexity index is 2030. The summed E-state index contributed by atoms with van der Waals surface area (Å²) in [6, 6.07) is 8.78. The van der Waals surface area contributed by atoms with Crippen molar-refractivity contribution in [2.75, 3.05) is 12.3 Å². The molecule has 6 atom stereocenters. The lowest BCUT2D eigenvalue weighted by Crippen LogP contribution is -2.60. The lowest BCUT2D eigenvalue weighted by atomic mass is 10.0. The molecule has 2 heterocycles. The number of carboxylic acid groups (broad SMARTS) is 1. The number of nitrogens with zero attached hydrogens (tertiary/aromatic N) is 1. The lowest BCUT2D eigenvalue weighted by Gasteiger charge is -2.27. The standard InChI is InChI=1S/C38H50N12O7S/c1-21(37(56)57)46-34(53)30(15-23-17-44-27-11-6-5-10-25(23)27)50-33(52)28(12-7-13-43-38(40)41)47-35(54)29(14-22-8-3-2-4-9-22)49-36(55)31(16-24-18-42-20-45-24)48-32(51)26(39)19-58/h2-6,8-11,17-18,20-21,26,28-31,44,58H,7,12-16,19,39H2,1H3,(H,42,45)(H,46,53)(H,47,54)(H,48,51)(H,49,55)(H,50,52)(H,56,57)(H4,40,41,43)/t21-,26-,28-,29+,30-,31-/m0/s1. The molecule has 5 amide bonds. The summed E-state index contributed by atoms with van der Waals surface area (Å²) >= 11 is 4.08. The molecule has 0 aliphatic heterocycles. The Hall–Kier alpha value is -6.41. The third kappa shape index (κ3) is 13.4. The molecular formula is C38H50N12O7S. The van der Waals surface area contributed by atoms with Crippen LogP contribution in [-0.4, -0.2) is 110 Å². The number of hydrogen-bond acceptors (Lipinski definition) is 10. The van der Waals surface area contributed by atoms with E-state index in [0.29, 0.717) is 16.8 Å². The van der Waals surface area contributed by atoms with E-state index in [-0.39, 0.29) is 50.4 Å². The molecule has 19 nitrogen and oxygen atoms in total. The Morgan fingerprint density at radius 3 is 2.02 bits per heavy atom. The molecule has 0 saturated heterocycles. The van der Waals surface area contributed by atoms with Crippen LogP contribution in [0, 0.1) is 5.41 Å². The Labute approximate surface area is 339 Å². The Balaban J connectivity index is 1.62. The molecule has 0 unspecified atom stereocenters. The van der Waals surface area contributed by atoms with Crippen molar-refractivity contribution in [2.45, 2.75) is 75.3 Å². The highest BCUT2D eigenvalue weighted by Crippen LogP contribution is 2.19. The van der Waals surface area contributed by atoms with Crippen LogP contribution in [0.25, 0.3) is 10.9 Å². The van der Waals surface area contributed by atoms with Gasteiger partial charge in [-0.3, -0.25) is 34.2 Å². The van der Waals surface area contributed by atoms with Gasteiger partial charge in [0.25, 0.3) is 0 Å². The minimum atomic E-state index is -1.29. The van der Waals surface area contributed by atoms with Gasteiger partial charge >= 0.3 is 5.97 Å². The Morgan fingerprint density at radius 2 is 1.38 bits per heavy atom. The van der Waals surface area contributed by atoms with Crippen molar-refractivity contribution in [3.05, 3.63) is 90.1 Å². The van der Waals surface area contributed by atoms with Gasteiger partial charge < -0.3 is 58.4 Å². The van der Waals surface area contributed by atoms with E-state index < -0.39 is 71.8 Å². The second-order valence-corrected chi connectivity index (χ2v) is 14.0. The number of carbonyl (C=O) groups is 6. The average Bonchev–Trinajstić information content (AvgIpc) is 3.88. The molecule has 0 radical (unpaired) electrons. The number of carboxylic acids is 1. The van der Waals surface area contributed by atoms with Gasteiger partial charge in [0.1, 0.15) is 30.2 Å². The summed E-state index contributed by atoms with van der Waals surface area (Å²) in [5.41, 5.74) is 13.9. The van der Waals surface area contributed by atoms with E-state index in [1.165, 1.54) is 13.3 Å². The number of thiol groups is 1. The number of aliphatic carboxylic acids is 1. The van der Waals surface area contributed by atoms with Gasteiger partial charge in [0.2, 0.25) is 29.5 Å². The molecule has 2 aromatic heterocycles. The van der Waals surface area contributed by atoms with E-state index in [1.54, 1.807) is 42.7 Å². The molecule has 2 aromatic carbocycles. The van der Waals surface area contributed by atoms with Crippen LogP contribution in [0.2, 0.25) is 0 Å². The number of fused-ring (bicyclic) bond motifs is 1. The second kappa shape index (κ2) is 21.8. The van der Waals surface area contributed by atoms with Gasteiger partial charge in [-0.25, -0.2) is 4.98 Å². The number of carbonyl (C=O) groups excluding carboxylic acids is 5. The molecule has 20 heteroatoms. The molecule has 0 spiro atoms. The fourth-order valence-electron chi connectivity index (χ4n) is 5.96. The van der Waals surface area contributed by atoms with Gasteiger partial charge in [0.05, 0.1) is 18.1 Å². The average molecular weight is 819 g/mol. The fraction of sp³-hybridized carbons (Fsp3) is 0.368. The predicted octanol–water partition coefficient (Wildman–Crippen LogP) is -1.03. The number of imidazole rings is 1. The van der Waals surface area contributed by atoms with Crippen LogP contribution in [0.15, 0.2) is 73.3 Å². The monoisotopic (exact) mass is 818 g/mol. The van der Waals surface area contributed by atoms with Crippen LogP contribution in [0.1, 0.15) is 36.6 Å². The van der Waals surface area contributed by atoms with Crippen molar-refractivity contribution in [1.29, 1.82) is 5.41 Å². The zero-order chi connectivity index (χ0) is 42.2. The molecule has 0 aliphatic rings. The van der Waals surface area contributed by atoms with E-state index in [9.17, 15) is 33.9 Å². The number of amides is 5. The molecule has 58 heavy (non-hydrogen) atoms. The number of para-hydroxylation sites is 1. The van der Waals surface area contributed by atoms with Crippen LogP contribution >= 0.6 is 12.6 Å². The third-order valence-corrected chi connectivity index (χ3v) is 9.52. The first kappa shape index (κ1) is 44.3. The highest BCUT2D eigenvalue weighted by atomic mass is 32.1. The number of nitrogens with one attached hydrogen (secondary N) is 9. The van der Waals surface area contributed by atoms with E-state index >= 15 is 0 Å². The Kier molecular flexibility index (Phi) is 16.6. The zero-order valence-electron chi connectivity index (χ0n) is 31.8. The number of H-pyrrole nitrogens is 2.